The fourth-order valence-electron chi connectivity index (χ4n) is 2.65. The third-order valence-corrected chi connectivity index (χ3v) is 5.82. The molecule has 0 bridgehead atoms. The minimum absolute atomic E-state index is 0.0170. The van der Waals surface area contributed by atoms with Gasteiger partial charge in [-0.2, -0.15) is 4.31 Å². The van der Waals surface area contributed by atoms with E-state index in [0.29, 0.717) is 30.3 Å². The van der Waals surface area contributed by atoms with Crippen molar-refractivity contribution in [2.45, 2.75) is 37.6 Å². The Hall–Kier alpha value is -1.11. The van der Waals surface area contributed by atoms with Gasteiger partial charge in [-0.1, -0.05) is 0 Å². The summed E-state index contributed by atoms with van der Waals surface area (Å²) in [6.45, 7) is 5.48. The molecular weight excluding hydrogens is 288 g/mol. The molecule has 118 valence electrons. The van der Waals surface area contributed by atoms with Gasteiger partial charge in [0.1, 0.15) is 5.75 Å². The Kier molecular flexibility index (Phi) is 5.24. The van der Waals surface area contributed by atoms with Gasteiger partial charge in [0.05, 0.1) is 11.5 Å². The number of nitrogens with zero attached hydrogens (tertiary/aromatic N) is 1. The predicted molar refractivity (Wildman–Crippen MR) is 82.7 cm³/mol. The third-order valence-electron chi connectivity index (χ3n) is 3.94. The van der Waals surface area contributed by atoms with E-state index < -0.39 is 10.0 Å². The van der Waals surface area contributed by atoms with Crippen molar-refractivity contribution in [1.82, 2.24) is 4.31 Å². The fraction of sp³-hybridized carbons (Fsp3) is 0.600. The van der Waals surface area contributed by atoms with Crippen LogP contribution < -0.4 is 10.5 Å². The van der Waals surface area contributed by atoms with Crippen LogP contribution in [0, 0.1) is 5.92 Å². The summed E-state index contributed by atoms with van der Waals surface area (Å²) in [4.78, 5) is 0.316. The molecule has 2 atom stereocenters. The summed E-state index contributed by atoms with van der Waals surface area (Å²) in [5, 5.41) is 0. The van der Waals surface area contributed by atoms with E-state index in [2.05, 4.69) is 0 Å². The van der Waals surface area contributed by atoms with E-state index in [1.807, 2.05) is 13.8 Å². The van der Waals surface area contributed by atoms with E-state index in [1.54, 1.807) is 28.6 Å². The molecule has 1 aromatic carbocycles. The van der Waals surface area contributed by atoms with Crippen molar-refractivity contribution >= 4 is 10.0 Å². The first-order valence-electron chi connectivity index (χ1n) is 7.43. The van der Waals surface area contributed by atoms with Gasteiger partial charge >= 0.3 is 0 Å². The number of nitrogens with two attached hydrogens (primary N) is 1. The highest BCUT2D eigenvalue weighted by atomic mass is 32.2. The fourth-order valence-corrected chi connectivity index (χ4v) is 4.18. The Balaban J connectivity index is 2.17. The normalized spacial score (nSPS) is 22.0. The Morgan fingerprint density at radius 2 is 2.05 bits per heavy atom. The smallest absolute Gasteiger partial charge is 0.243 e. The molecule has 1 heterocycles. The summed E-state index contributed by atoms with van der Waals surface area (Å²) in [6, 6.07) is 6.63. The monoisotopic (exact) mass is 312 g/mol. The first kappa shape index (κ1) is 16.3. The van der Waals surface area contributed by atoms with Crippen LogP contribution in [-0.4, -0.2) is 38.5 Å². The molecule has 5 nitrogen and oxygen atoms in total. The standard InChI is InChI=1S/C15H24N2O3S/c1-3-20-14-6-8-15(9-7-14)21(18,19)17-10-4-5-13(11-17)12(2)16/h6-9,12-13H,3-5,10-11,16H2,1-2H3. The van der Waals surface area contributed by atoms with Crippen molar-refractivity contribution < 1.29 is 13.2 Å². The van der Waals surface area contributed by atoms with E-state index in [0.717, 1.165) is 12.8 Å². The maximum absolute atomic E-state index is 12.7. The maximum atomic E-state index is 12.7. The molecule has 1 saturated heterocycles. The van der Waals surface area contributed by atoms with Crippen molar-refractivity contribution in [2.75, 3.05) is 19.7 Å². The molecule has 0 spiro atoms. The van der Waals surface area contributed by atoms with Crippen LogP contribution in [0.3, 0.4) is 0 Å². The zero-order chi connectivity index (χ0) is 15.5. The number of hydrogen-bond acceptors (Lipinski definition) is 4. The first-order chi connectivity index (χ1) is 9.95. The summed E-state index contributed by atoms with van der Waals surface area (Å²) < 4.78 is 32.2. The Bertz CT molecular complexity index is 555. The van der Waals surface area contributed by atoms with Crippen molar-refractivity contribution in [3.63, 3.8) is 0 Å². The van der Waals surface area contributed by atoms with Gasteiger partial charge in [-0.05, 0) is 56.9 Å². The van der Waals surface area contributed by atoms with Gasteiger partial charge in [-0.3, -0.25) is 0 Å². The molecule has 0 amide bonds. The van der Waals surface area contributed by atoms with Crippen molar-refractivity contribution in [1.29, 1.82) is 0 Å². The molecule has 1 aromatic rings. The highest BCUT2D eigenvalue weighted by Gasteiger charge is 2.31. The minimum atomic E-state index is -3.44. The van der Waals surface area contributed by atoms with Gasteiger partial charge in [-0.15, -0.1) is 0 Å². The molecule has 0 radical (unpaired) electrons. The maximum Gasteiger partial charge on any atom is 0.243 e. The van der Waals surface area contributed by atoms with Crippen LogP contribution in [0.2, 0.25) is 0 Å². The molecule has 2 unspecified atom stereocenters. The number of piperidine rings is 1. The van der Waals surface area contributed by atoms with E-state index in [-0.39, 0.29) is 12.0 Å². The van der Waals surface area contributed by atoms with Crippen LogP contribution in [0.15, 0.2) is 29.2 Å². The third kappa shape index (κ3) is 3.75. The average molecular weight is 312 g/mol. The van der Waals surface area contributed by atoms with Gasteiger partial charge in [0.2, 0.25) is 10.0 Å². The van der Waals surface area contributed by atoms with Crippen LogP contribution in [0.5, 0.6) is 5.75 Å². The van der Waals surface area contributed by atoms with Crippen LogP contribution in [0.1, 0.15) is 26.7 Å². The lowest BCUT2D eigenvalue weighted by Gasteiger charge is -2.33. The van der Waals surface area contributed by atoms with Crippen molar-refractivity contribution in [3.8, 4) is 5.75 Å². The quantitative estimate of drug-likeness (QED) is 0.900. The van der Waals surface area contributed by atoms with Gasteiger partial charge in [0.25, 0.3) is 0 Å². The second-order valence-corrected chi connectivity index (χ2v) is 7.47. The Morgan fingerprint density at radius 3 is 2.62 bits per heavy atom. The number of rotatable bonds is 5. The average Bonchev–Trinajstić information content (AvgIpc) is 2.48. The van der Waals surface area contributed by atoms with Crippen LogP contribution in [0.25, 0.3) is 0 Å². The van der Waals surface area contributed by atoms with Crippen molar-refractivity contribution in [3.05, 3.63) is 24.3 Å². The van der Waals surface area contributed by atoms with E-state index >= 15 is 0 Å². The van der Waals surface area contributed by atoms with Crippen LogP contribution >= 0.6 is 0 Å². The Labute approximate surface area is 127 Å². The lowest BCUT2D eigenvalue weighted by molar-refractivity contribution is 0.243. The second kappa shape index (κ2) is 6.77. The molecule has 0 saturated carbocycles. The topological polar surface area (TPSA) is 72.6 Å². The van der Waals surface area contributed by atoms with E-state index in [1.165, 1.54) is 0 Å². The molecule has 1 aliphatic rings. The zero-order valence-electron chi connectivity index (χ0n) is 12.7. The summed E-state index contributed by atoms with van der Waals surface area (Å²) in [7, 11) is -3.44. The largest absolute Gasteiger partial charge is 0.494 e. The summed E-state index contributed by atoms with van der Waals surface area (Å²) in [5.74, 6) is 0.916. The lowest BCUT2D eigenvalue weighted by Crippen LogP contribution is -2.44. The summed E-state index contributed by atoms with van der Waals surface area (Å²) in [6.07, 6.45) is 1.86. The minimum Gasteiger partial charge on any atom is -0.494 e. The van der Waals surface area contributed by atoms with Gasteiger partial charge < -0.3 is 10.5 Å². The summed E-state index contributed by atoms with van der Waals surface area (Å²) >= 11 is 0. The van der Waals surface area contributed by atoms with Crippen molar-refractivity contribution in [2.24, 2.45) is 11.7 Å². The lowest BCUT2D eigenvalue weighted by atomic mass is 9.93. The van der Waals surface area contributed by atoms with Crippen LogP contribution in [-0.2, 0) is 10.0 Å². The Morgan fingerprint density at radius 1 is 1.38 bits per heavy atom. The summed E-state index contributed by atoms with van der Waals surface area (Å²) in [5.41, 5.74) is 5.93. The molecular formula is C15H24N2O3S. The molecule has 1 fully saturated rings. The highest BCUT2D eigenvalue weighted by Crippen LogP contribution is 2.26. The molecule has 6 heteroatoms. The number of sulfonamides is 1. The first-order valence-corrected chi connectivity index (χ1v) is 8.87. The SMILES string of the molecule is CCOc1ccc(S(=O)(=O)N2CCCC(C(C)N)C2)cc1. The molecule has 0 aliphatic carbocycles. The zero-order valence-corrected chi connectivity index (χ0v) is 13.5. The molecule has 2 N–H and O–H groups in total. The number of ether oxygens (including phenoxy) is 1. The number of benzene rings is 1. The highest BCUT2D eigenvalue weighted by molar-refractivity contribution is 7.89. The van der Waals surface area contributed by atoms with Gasteiger partial charge in [-0.25, -0.2) is 8.42 Å². The van der Waals surface area contributed by atoms with Gasteiger partial charge in [0.15, 0.2) is 0 Å². The van der Waals surface area contributed by atoms with E-state index in [4.69, 9.17) is 10.5 Å². The molecule has 0 aromatic heterocycles. The predicted octanol–water partition coefficient (Wildman–Crippen LogP) is 1.83. The molecule has 21 heavy (non-hydrogen) atoms. The second-order valence-electron chi connectivity index (χ2n) is 5.53. The van der Waals surface area contributed by atoms with Crippen LogP contribution in [0.4, 0.5) is 0 Å². The van der Waals surface area contributed by atoms with E-state index in [9.17, 15) is 8.42 Å². The van der Waals surface area contributed by atoms with Gasteiger partial charge in [0, 0.05) is 19.1 Å². The number of hydrogen-bond donors (Lipinski definition) is 1. The molecule has 2 rings (SSSR count). The molecule has 1 aliphatic heterocycles.